The van der Waals surface area contributed by atoms with Crippen LogP contribution < -0.4 is 5.32 Å². The fraction of sp³-hybridized carbons (Fsp3) is 0.133. The minimum Gasteiger partial charge on any atom is -0.479 e. The Morgan fingerprint density at radius 3 is 2.65 bits per heavy atom. The van der Waals surface area contributed by atoms with Crippen molar-refractivity contribution in [2.45, 2.75) is 13.0 Å². The molecule has 0 bridgehead atoms. The molecule has 1 atom stereocenters. The highest BCUT2D eigenvalue weighted by atomic mass is 79.9. The summed E-state index contributed by atoms with van der Waals surface area (Å²) >= 11 is 9.27. The van der Waals surface area contributed by atoms with Gasteiger partial charge in [0, 0.05) is 15.2 Å². The zero-order valence-corrected chi connectivity index (χ0v) is 13.1. The van der Waals surface area contributed by atoms with Crippen molar-refractivity contribution in [3.63, 3.8) is 0 Å². The van der Waals surface area contributed by atoms with Gasteiger partial charge in [0.05, 0.1) is 0 Å². The predicted octanol–water partition coefficient (Wildman–Crippen LogP) is 4.65. The minimum atomic E-state index is -0.935. The molecule has 104 valence electrons. The van der Waals surface area contributed by atoms with Crippen LogP contribution in [0.2, 0.25) is 5.02 Å². The van der Waals surface area contributed by atoms with Gasteiger partial charge in [0.1, 0.15) is 0 Å². The molecule has 20 heavy (non-hydrogen) atoms. The summed E-state index contributed by atoms with van der Waals surface area (Å²) in [6.45, 7) is 1.85. The second kappa shape index (κ2) is 6.29. The number of benzene rings is 2. The largest absolute Gasteiger partial charge is 0.479 e. The predicted molar refractivity (Wildman–Crippen MR) is 84.3 cm³/mol. The average molecular weight is 355 g/mol. The van der Waals surface area contributed by atoms with Crippen molar-refractivity contribution in [3.8, 4) is 0 Å². The molecule has 2 N–H and O–H groups in total. The Labute approximate surface area is 130 Å². The van der Waals surface area contributed by atoms with Crippen molar-refractivity contribution >= 4 is 39.2 Å². The number of rotatable bonds is 4. The van der Waals surface area contributed by atoms with Gasteiger partial charge in [-0.1, -0.05) is 39.7 Å². The Morgan fingerprint density at radius 1 is 1.30 bits per heavy atom. The first kappa shape index (κ1) is 14.9. The molecule has 0 spiro atoms. The molecule has 0 aliphatic heterocycles. The molecule has 0 radical (unpaired) electrons. The third-order valence-corrected chi connectivity index (χ3v) is 3.65. The van der Waals surface area contributed by atoms with Crippen LogP contribution in [-0.2, 0) is 4.79 Å². The molecule has 0 heterocycles. The summed E-state index contributed by atoms with van der Waals surface area (Å²) in [4.78, 5) is 11.5. The van der Waals surface area contributed by atoms with E-state index >= 15 is 0 Å². The van der Waals surface area contributed by atoms with Crippen molar-refractivity contribution < 1.29 is 9.90 Å². The number of hydrogen-bond donors (Lipinski definition) is 2. The quantitative estimate of drug-likeness (QED) is 0.840. The number of nitrogens with one attached hydrogen (secondary N) is 1. The Hall–Kier alpha value is -1.52. The summed E-state index contributed by atoms with van der Waals surface area (Å²) in [5.74, 6) is -0.935. The van der Waals surface area contributed by atoms with E-state index < -0.39 is 12.0 Å². The van der Waals surface area contributed by atoms with Crippen molar-refractivity contribution in [1.29, 1.82) is 0 Å². The molecule has 2 rings (SSSR count). The van der Waals surface area contributed by atoms with Gasteiger partial charge in [0.25, 0.3) is 0 Å². The number of anilines is 1. The molecule has 0 aromatic heterocycles. The summed E-state index contributed by atoms with van der Waals surface area (Å²) in [5.41, 5.74) is 2.27. The second-order valence-electron chi connectivity index (χ2n) is 4.43. The number of aryl methyl sites for hydroxylation is 1. The van der Waals surface area contributed by atoms with Crippen molar-refractivity contribution in [2.24, 2.45) is 0 Å². The Bertz CT molecular complexity index is 646. The number of aliphatic carboxylic acids is 1. The van der Waals surface area contributed by atoms with Gasteiger partial charge in [-0.25, -0.2) is 4.79 Å². The number of hydrogen-bond acceptors (Lipinski definition) is 2. The van der Waals surface area contributed by atoms with Crippen LogP contribution in [0.1, 0.15) is 17.2 Å². The van der Waals surface area contributed by atoms with E-state index in [0.717, 1.165) is 15.7 Å². The maximum absolute atomic E-state index is 11.5. The van der Waals surface area contributed by atoms with E-state index in [1.165, 1.54) is 0 Å². The van der Waals surface area contributed by atoms with Crippen LogP contribution in [0.3, 0.4) is 0 Å². The van der Waals surface area contributed by atoms with Crippen molar-refractivity contribution in [3.05, 3.63) is 63.1 Å². The number of carboxylic acids is 1. The lowest BCUT2D eigenvalue weighted by molar-refractivity contribution is -0.138. The molecule has 0 amide bonds. The van der Waals surface area contributed by atoms with E-state index in [0.29, 0.717) is 10.6 Å². The highest BCUT2D eigenvalue weighted by Gasteiger charge is 2.21. The van der Waals surface area contributed by atoms with Gasteiger partial charge in [-0.05, 0) is 48.4 Å². The molecule has 0 aliphatic rings. The van der Waals surface area contributed by atoms with Crippen molar-refractivity contribution in [1.82, 2.24) is 0 Å². The number of carboxylic acid groups (broad SMARTS) is 1. The van der Waals surface area contributed by atoms with E-state index in [4.69, 9.17) is 11.6 Å². The fourth-order valence-corrected chi connectivity index (χ4v) is 2.61. The zero-order valence-electron chi connectivity index (χ0n) is 10.7. The third-order valence-electron chi connectivity index (χ3n) is 2.93. The van der Waals surface area contributed by atoms with Gasteiger partial charge < -0.3 is 10.4 Å². The van der Waals surface area contributed by atoms with Gasteiger partial charge in [0.15, 0.2) is 6.04 Å². The maximum Gasteiger partial charge on any atom is 0.330 e. The molecule has 5 heteroatoms. The molecule has 2 aromatic carbocycles. The smallest absolute Gasteiger partial charge is 0.330 e. The first-order chi connectivity index (χ1) is 9.47. The van der Waals surface area contributed by atoms with E-state index in [9.17, 15) is 9.90 Å². The maximum atomic E-state index is 11.5. The van der Waals surface area contributed by atoms with Crippen LogP contribution >= 0.6 is 27.5 Å². The molecule has 3 nitrogen and oxygen atoms in total. The molecule has 0 aliphatic carbocycles. The highest BCUT2D eigenvalue weighted by Crippen LogP contribution is 2.26. The summed E-state index contributed by atoms with van der Waals surface area (Å²) in [6, 6.07) is 11.8. The Kier molecular flexibility index (Phi) is 4.68. The van der Waals surface area contributed by atoms with Gasteiger partial charge in [-0.2, -0.15) is 0 Å². The molecule has 0 saturated carbocycles. The van der Waals surface area contributed by atoms with Crippen LogP contribution in [0.5, 0.6) is 0 Å². The summed E-state index contributed by atoms with van der Waals surface area (Å²) in [5, 5.41) is 13.1. The van der Waals surface area contributed by atoms with E-state index in [2.05, 4.69) is 21.2 Å². The minimum absolute atomic E-state index is 0.595. The molecule has 0 saturated heterocycles. The SMILES string of the molecule is Cc1cc(Cl)ccc1C(Nc1cccc(Br)c1)C(=O)O. The highest BCUT2D eigenvalue weighted by molar-refractivity contribution is 9.10. The van der Waals surface area contributed by atoms with Crippen LogP contribution in [0.25, 0.3) is 0 Å². The molecule has 1 unspecified atom stereocenters. The summed E-state index contributed by atoms with van der Waals surface area (Å²) < 4.78 is 0.888. The molecular formula is C15H13BrClNO2. The first-order valence-electron chi connectivity index (χ1n) is 5.98. The standard InChI is InChI=1S/C15H13BrClNO2/c1-9-7-11(17)5-6-13(9)14(15(19)20)18-12-4-2-3-10(16)8-12/h2-8,14,18H,1H3,(H,19,20). The lowest BCUT2D eigenvalue weighted by Crippen LogP contribution is -2.21. The summed E-state index contributed by atoms with van der Waals surface area (Å²) in [7, 11) is 0. The topological polar surface area (TPSA) is 49.3 Å². The molecule has 2 aromatic rings. The second-order valence-corrected chi connectivity index (χ2v) is 5.78. The van der Waals surface area contributed by atoms with Gasteiger partial charge in [0.2, 0.25) is 0 Å². The van der Waals surface area contributed by atoms with Gasteiger partial charge in [-0.3, -0.25) is 0 Å². The van der Waals surface area contributed by atoms with Crippen LogP contribution in [0, 0.1) is 6.92 Å². The van der Waals surface area contributed by atoms with E-state index in [-0.39, 0.29) is 0 Å². The van der Waals surface area contributed by atoms with Crippen LogP contribution in [-0.4, -0.2) is 11.1 Å². The van der Waals surface area contributed by atoms with E-state index in [1.54, 1.807) is 18.2 Å². The van der Waals surface area contributed by atoms with Crippen molar-refractivity contribution in [2.75, 3.05) is 5.32 Å². The normalized spacial score (nSPS) is 11.9. The zero-order chi connectivity index (χ0) is 14.7. The van der Waals surface area contributed by atoms with Gasteiger partial charge >= 0.3 is 5.97 Å². The van der Waals surface area contributed by atoms with Gasteiger partial charge in [-0.15, -0.1) is 0 Å². The van der Waals surface area contributed by atoms with Crippen LogP contribution in [0.4, 0.5) is 5.69 Å². The van der Waals surface area contributed by atoms with Crippen LogP contribution in [0.15, 0.2) is 46.9 Å². The third kappa shape index (κ3) is 3.52. The fourth-order valence-electron chi connectivity index (χ4n) is 1.98. The monoisotopic (exact) mass is 353 g/mol. The summed E-state index contributed by atoms with van der Waals surface area (Å²) in [6.07, 6.45) is 0. The number of carbonyl (C=O) groups is 1. The number of halogens is 2. The molecule has 0 fully saturated rings. The Balaban J connectivity index is 2.34. The lowest BCUT2D eigenvalue weighted by Gasteiger charge is -2.18. The average Bonchev–Trinajstić information content (AvgIpc) is 2.36. The Morgan fingerprint density at radius 2 is 2.05 bits per heavy atom. The lowest BCUT2D eigenvalue weighted by atomic mass is 10.0. The van der Waals surface area contributed by atoms with E-state index in [1.807, 2.05) is 31.2 Å². The molecular weight excluding hydrogens is 342 g/mol. The first-order valence-corrected chi connectivity index (χ1v) is 7.15.